The van der Waals surface area contributed by atoms with Crippen LogP contribution in [0.25, 0.3) is 16.9 Å². The average molecular weight is 259 g/mol. The summed E-state index contributed by atoms with van der Waals surface area (Å²) in [7, 11) is 0. The van der Waals surface area contributed by atoms with Crippen LogP contribution in [0.4, 0.5) is 4.39 Å². The Balaban J connectivity index is 2.28. The molecule has 18 heavy (non-hydrogen) atoms. The molecular formula is C13H10FN3S. The molecule has 0 bridgehead atoms. The Morgan fingerprint density at radius 1 is 1.28 bits per heavy atom. The zero-order chi connectivity index (χ0) is 12.5. The van der Waals surface area contributed by atoms with E-state index < -0.39 is 0 Å². The quantitative estimate of drug-likeness (QED) is 0.717. The molecule has 0 atom stereocenters. The summed E-state index contributed by atoms with van der Waals surface area (Å²) in [6.07, 6.45) is 3.53. The van der Waals surface area contributed by atoms with Crippen LogP contribution in [0.1, 0.15) is 5.56 Å². The van der Waals surface area contributed by atoms with Crippen molar-refractivity contribution < 1.29 is 4.39 Å². The first-order chi connectivity index (χ1) is 8.79. The Morgan fingerprint density at radius 2 is 2.17 bits per heavy atom. The highest BCUT2D eigenvalue weighted by Gasteiger charge is 2.14. The number of halogens is 1. The first-order valence-corrected chi connectivity index (χ1v) is 6.12. The normalized spacial score (nSPS) is 11.0. The Kier molecular flexibility index (Phi) is 2.76. The number of nitrogens with zero attached hydrogens (tertiary/aromatic N) is 3. The minimum Gasteiger partial charge on any atom is -0.237 e. The van der Waals surface area contributed by atoms with Gasteiger partial charge in [0, 0.05) is 29.3 Å². The number of fused-ring (bicyclic) bond motifs is 1. The Morgan fingerprint density at radius 3 is 2.94 bits per heavy atom. The number of rotatable bonds is 2. The Labute approximate surface area is 109 Å². The highest BCUT2D eigenvalue weighted by Crippen LogP contribution is 2.26. The fraction of sp³-hybridized carbons (Fsp3) is 0.0769. The van der Waals surface area contributed by atoms with Crippen LogP contribution in [-0.2, 0) is 5.75 Å². The topological polar surface area (TPSA) is 30.2 Å². The molecule has 3 rings (SSSR count). The third-order valence-corrected chi connectivity index (χ3v) is 3.06. The molecular weight excluding hydrogens is 249 g/mol. The zero-order valence-corrected chi connectivity index (χ0v) is 10.3. The second-order valence-electron chi connectivity index (χ2n) is 3.88. The molecule has 3 aromatic rings. The fourth-order valence-corrected chi connectivity index (χ4v) is 2.24. The van der Waals surface area contributed by atoms with E-state index in [4.69, 9.17) is 0 Å². The molecule has 0 saturated carbocycles. The third-order valence-electron chi connectivity index (χ3n) is 2.75. The lowest BCUT2D eigenvalue weighted by Gasteiger charge is -1.99. The largest absolute Gasteiger partial charge is 0.237 e. The first kappa shape index (κ1) is 11.2. The molecule has 0 aliphatic heterocycles. The van der Waals surface area contributed by atoms with E-state index in [9.17, 15) is 4.39 Å². The molecule has 0 N–H and O–H groups in total. The van der Waals surface area contributed by atoms with Gasteiger partial charge in [-0.15, -0.1) is 0 Å². The standard InChI is InChI=1S/C13H10FN3S/c14-10-4-1-3-9(7-10)12-11(8-18)13-15-5-2-6-17(13)16-12/h1-7,18H,8H2. The fourth-order valence-electron chi connectivity index (χ4n) is 1.95. The first-order valence-electron chi connectivity index (χ1n) is 5.48. The maximum Gasteiger partial charge on any atom is 0.159 e. The van der Waals surface area contributed by atoms with Crippen LogP contribution in [-0.4, -0.2) is 14.6 Å². The minimum atomic E-state index is -0.275. The van der Waals surface area contributed by atoms with Crippen molar-refractivity contribution in [3.05, 3.63) is 54.1 Å². The van der Waals surface area contributed by atoms with Gasteiger partial charge in [0.1, 0.15) is 5.82 Å². The summed E-state index contributed by atoms with van der Waals surface area (Å²) in [6, 6.07) is 8.19. The summed E-state index contributed by atoms with van der Waals surface area (Å²) in [6.45, 7) is 0. The monoisotopic (exact) mass is 259 g/mol. The molecule has 0 fully saturated rings. The van der Waals surface area contributed by atoms with Gasteiger partial charge in [0.2, 0.25) is 0 Å². The second kappa shape index (κ2) is 4.42. The maximum absolute atomic E-state index is 13.3. The molecule has 5 heteroatoms. The van der Waals surface area contributed by atoms with Crippen LogP contribution in [0.5, 0.6) is 0 Å². The van der Waals surface area contributed by atoms with E-state index >= 15 is 0 Å². The molecule has 0 spiro atoms. The predicted molar refractivity (Wildman–Crippen MR) is 71.1 cm³/mol. The van der Waals surface area contributed by atoms with Crippen LogP contribution in [0.15, 0.2) is 42.7 Å². The zero-order valence-electron chi connectivity index (χ0n) is 9.42. The van der Waals surface area contributed by atoms with Gasteiger partial charge in [0.25, 0.3) is 0 Å². The molecule has 0 amide bonds. The van der Waals surface area contributed by atoms with Gasteiger partial charge in [-0.2, -0.15) is 17.7 Å². The van der Waals surface area contributed by atoms with Gasteiger partial charge in [0.05, 0.1) is 5.69 Å². The molecule has 2 aromatic heterocycles. The van der Waals surface area contributed by atoms with Crippen LogP contribution < -0.4 is 0 Å². The number of hydrogen-bond acceptors (Lipinski definition) is 3. The van der Waals surface area contributed by atoms with E-state index in [1.165, 1.54) is 12.1 Å². The number of aromatic nitrogens is 3. The third kappa shape index (κ3) is 1.76. The molecule has 0 saturated heterocycles. The van der Waals surface area contributed by atoms with Crippen LogP contribution in [0.3, 0.4) is 0 Å². The van der Waals surface area contributed by atoms with Gasteiger partial charge in [-0.1, -0.05) is 12.1 Å². The van der Waals surface area contributed by atoms with Crippen molar-refractivity contribution >= 4 is 18.3 Å². The van der Waals surface area contributed by atoms with Crippen molar-refractivity contribution in [1.82, 2.24) is 14.6 Å². The van der Waals surface area contributed by atoms with Crippen molar-refractivity contribution in [2.24, 2.45) is 0 Å². The predicted octanol–water partition coefficient (Wildman–Crippen LogP) is 2.97. The highest BCUT2D eigenvalue weighted by atomic mass is 32.1. The summed E-state index contributed by atoms with van der Waals surface area (Å²) < 4.78 is 15.0. The Bertz CT molecular complexity index is 708. The molecule has 3 nitrogen and oxygen atoms in total. The smallest absolute Gasteiger partial charge is 0.159 e. The van der Waals surface area contributed by atoms with E-state index in [0.29, 0.717) is 5.75 Å². The minimum absolute atomic E-state index is 0.275. The lowest BCUT2D eigenvalue weighted by Crippen LogP contribution is -1.87. The highest BCUT2D eigenvalue weighted by molar-refractivity contribution is 7.79. The molecule has 90 valence electrons. The average Bonchev–Trinajstić information content (AvgIpc) is 2.77. The maximum atomic E-state index is 13.3. The summed E-state index contributed by atoms with van der Waals surface area (Å²) in [5.41, 5.74) is 3.13. The summed E-state index contributed by atoms with van der Waals surface area (Å²) >= 11 is 4.31. The number of hydrogen-bond donors (Lipinski definition) is 1. The van der Waals surface area contributed by atoms with Gasteiger partial charge in [-0.05, 0) is 18.2 Å². The van der Waals surface area contributed by atoms with E-state index in [2.05, 4.69) is 22.7 Å². The molecule has 2 heterocycles. The van der Waals surface area contributed by atoms with Gasteiger partial charge in [-0.3, -0.25) is 0 Å². The Hall–Kier alpha value is -1.88. The molecule has 0 radical (unpaired) electrons. The van der Waals surface area contributed by atoms with Gasteiger partial charge >= 0.3 is 0 Å². The van der Waals surface area contributed by atoms with Crippen LogP contribution in [0.2, 0.25) is 0 Å². The van der Waals surface area contributed by atoms with E-state index in [-0.39, 0.29) is 5.82 Å². The van der Waals surface area contributed by atoms with Crippen molar-refractivity contribution in [3.8, 4) is 11.3 Å². The second-order valence-corrected chi connectivity index (χ2v) is 4.20. The lowest BCUT2D eigenvalue weighted by molar-refractivity contribution is 0.628. The summed E-state index contributed by atoms with van der Waals surface area (Å²) in [4.78, 5) is 4.28. The van der Waals surface area contributed by atoms with Crippen molar-refractivity contribution in [3.63, 3.8) is 0 Å². The number of benzene rings is 1. The molecule has 1 aromatic carbocycles. The van der Waals surface area contributed by atoms with E-state index in [1.54, 1.807) is 22.8 Å². The summed E-state index contributed by atoms with van der Waals surface area (Å²) in [5.74, 6) is 0.231. The molecule has 0 aliphatic rings. The molecule has 0 aliphatic carbocycles. The van der Waals surface area contributed by atoms with E-state index in [1.807, 2.05) is 12.3 Å². The van der Waals surface area contributed by atoms with E-state index in [0.717, 1.165) is 22.5 Å². The van der Waals surface area contributed by atoms with Gasteiger partial charge in [-0.25, -0.2) is 13.9 Å². The van der Waals surface area contributed by atoms with Crippen LogP contribution >= 0.6 is 12.6 Å². The van der Waals surface area contributed by atoms with Crippen LogP contribution in [0, 0.1) is 5.82 Å². The van der Waals surface area contributed by atoms with Crippen molar-refractivity contribution in [2.45, 2.75) is 5.75 Å². The lowest BCUT2D eigenvalue weighted by atomic mass is 10.1. The van der Waals surface area contributed by atoms with Crippen molar-refractivity contribution in [1.29, 1.82) is 0 Å². The SMILES string of the molecule is Fc1cccc(-c2nn3cccnc3c2CS)c1. The van der Waals surface area contributed by atoms with Gasteiger partial charge < -0.3 is 0 Å². The molecule has 0 unspecified atom stereocenters. The number of thiol groups is 1. The van der Waals surface area contributed by atoms with Crippen molar-refractivity contribution in [2.75, 3.05) is 0 Å². The van der Waals surface area contributed by atoms with Gasteiger partial charge in [0.15, 0.2) is 5.65 Å². The summed E-state index contributed by atoms with van der Waals surface area (Å²) in [5, 5.41) is 4.43.